The van der Waals surface area contributed by atoms with E-state index in [1.807, 2.05) is 31.2 Å². The van der Waals surface area contributed by atoms with Crippen molar-refractivity contribution < 1.29 is 9.59 Å². The molecule has 5 N–H and O–H groups in total. The molecule has 0 spiro atoms. The van der Waals surface area contributed by atoms with Crippen LogP contribution in [0.1, 0.15) is 12.0 Å². The molecular weight excluding hydrogens is 430 g/mol. The summed E-state index contributed by atoms with van der Waals surface area (Å²) in [5.74, 6) is 1.05. The molecule has 4 rings (SSSR count). The summed E-state index contributed by atoms with van der Waals surface area (Å²) in [6.45, 7) is 2.95. The molecule has 0 bridgehead atoms. The van der Waals surface area contributed by atoms with Crippen molar-refractivity contribution in [3.05, 3.63) is 52.4 Å². The van der Waals surface area contributed by atoms with Crippen LogP contribution in [0.15, 0.2) is 41.3 Å². The molecular formula is C21H23N7O3S. The topological polar surface area (TPSA) is 141 Å². The minimum atomic E-state index is -0.474. The first-order chi connectivity index (χ1) is 15.5. The molecule has 0 aliphatic carbocycles. The van der Waals surface area contributed by atoms with E-state index >= 15 is 0 Å². The molecule has 2 amide bonds. The number of fused-ring (bicyclic) bond motifs is 1. The molecule has 2 aromatic heterocycles. The van der Waals surface area contributed by atoms with Crippen LogP contribution in [0.25, 0.3) is 10.9 Å². The number of carbonyl (C=O) groups is 2. The molecule has 1 fully saturated rings. The number of benzene rings is 1. The Hall–Kier alpha value is -3.60. The quantitative estimate of drug-likeness (QED) is 0.327. The van der Waals surface area contributed by atoms with Gasteiger partial charge in [0, 0.05) is 30.7 Å². The summed E-state index contributed by atoms with van der Waals surface area (Å²) >= 11 is 1.11. The first kappa shape index (κ1) is 21.6. The fourth-order valence-corrected chi connectivity index (χ4v) is 4.05. The predicted octanol–water partition coefficient (Wildman–Crippen LogP) is 2.11. The van der Waals surface area contributed by atoms with E-state index < -0.39 is 6.04 Å². The van der Waals surface area contributed by atoms with E-state index in [4.69, 9.17) is 0 Å². The van der Waals surface area contributed by atoms with E-state index in [0.29, 0.717) is 47.9 Å². The Balaban J connectivity index is 1.41. The lowest BCUT2D eigenvalue weighted by Gasteiger charge is -2.12. The van der Waals surface area contributed by atoms with Gasteiger partial charge >= 0.3 is 0 Å². The van der Waals surface area contributed by atoms with Gasteiger partial charge in [-0.05, 0) is 37.1 Å². The monoisotopic (exact) mass is 453 g/mol. The Morgan fingerprint density at radius 1 is 1.22 bits per heavy atom. The zero-order valence-corrected chi connectivity index (χ0v) is 18.2. The summed E-state index contributed by atoms with van der Waals surface area (Å²) in [7, 11) is 0. The number of aryl methyl sites for hydroxylation is 1. The van der Waals surface area contributed by atoms with Gasteiger partial charge in [-0.3, -0.25) is 14.4 Å². The molecule has 10 nitrogen and oxygen atoms in total. The van der Waals surface area contributed by atoms with Crippen molar-refractivity contribution in [1.82, 2.24) is 25.6 Å². The predicted molar refractivity (Wildman–Crippen MR) is 126 cm³/mol. The number of aromatic nitrogens is 3. The fraction of sp³-hybridized carbons (Fsp3) is 0.286. The first-order valence-corrected chi connectivity index (χ1v) is 11.2. The SMILES string of the molecule is Cc1cccc(Nc2nc(NCCCNC(=O)[C@@H]3CSC(=O)N3)nc3cc[nH]c(=O)c23)c1. The molecule has 11 heteroatoms. The van der Waals surface area contributed by atoms with E-state index in [1.54, 1.807) is 12.3 Å². The summed E-state index contributed by atoms with van der Waals surface area (Å²) < 4.78 is 0. The van der Waals surface area contributed by atoms with Gasteiger partial charge in [0.05, 0.1) is 5.52 Å². The van der Waals surface area contributed by atoms with Crippen molar-refractivity contribution in [2.75, 3.05) is 29.5 Å². The highest BCUT2D eigenvalue weighted by atomic mass is 32.2. The van der Waals surface area contributed by atoms with Crippen molar-refractivity contribution in [3.63, 3.8) is 0 Å². The first-order valence-electron chi connectivity index (χ1n) is 10.2. The summed E-state index contributed by atoms with van der Waals surface area (Å²) in [6.07, 6.45) is 2.18. The van der Waals surface area contributed by atoms with Crippen LogP contribution in [0.4, 0.5) is 22.2 Å². The molecule has 0 radical (unpaired) electrons. The van der Waals surface area contributed by atoms with Gasteiger partial charge in [0.1, 0.15) is 17.2 Å². The van der Waals surface area contributed by atoms with E-state index in [-0.39, 0.29) is 16.7 Å². The third-order valence-corrected chi connectivity index (χ3v) is 5.71. The second-order valence-corrected chi connectivity index (χ2v) is 8.32. The van der Waals surface area contributed by atoms with Crippen molar-refractivity contribution in [2.45, 2.75) is 19.4 Å². The minimum Gasteiger partial charge on any atom is -0.354 e. The molecule has 1 aromatic carbocycles. The molecule has 1 saturated heterocycles. The average Bonchev–Trinajstić information content (AvgIpc) is 3.20. The zero-order chi connectivity index (χ0) is 22.5. The van der Waals surface area contributed by atoms with E-state index in [0.717, 1.165) is 23.0 Å². The average molecular weight is 454 g/mol. The van der Waals surface area contributed by atoms with Crippen LogP contribution < -0.4 is 26.8 Å². The highest BCUT2D eigenvalue weighted by Gasteiger charge is 2.27. The number of anilines is 3. The normalized spacial score (nSPS) is 15.4. The molecule has 0 saturated carbocycles. The number of nitrogens with zero attached hydrogens (tertiary/aromatic N) is 2. The number of aromatic amines is 1. The highest BCUT2D eigenvalue weighted by molar-refractivity contribution is 8.14. The van der Waals surface area contributed by atoms with E-state index in [2.05, 4.69) is 36.2 Å². The smallest absolute Gasteiger partial charge is 0.279 e. The van der Waals surface area contributed by atoms with Crippen molar-refractivity contribution in [2.24, 2.45) is 0 Å². The molecule has 32 heavy (non-hydrogen) atoms. The van der Waals surface area contributed by atoms with Crippen LogP contribution in [-0.4, -0.2) is 51.0 Å². The van der Waals surface area contributed by atoms with Gasteiger partial charge in [0.2, 0.25) is 11.9 Å². The van der Waals surface area contributed by atoms with Gasteiger partial charge in [-0.15, -0.1) is 0 Å². The molecule has 3 aromatic rings. The largest absolute Gasteiger partial charge is 0.354 e. The summed E-state index contributed by atoms with van der Waals surface area (Å²) in [4.78, 5) is 47.2. The minimum absolute atomic E-state index is 0.172. The van der Waals surface area contributed by atoms with Crippen LogP contribution in [0.5, 0.6) is 0 Å². The van der Waals surface area contributed by atoms with Gasteiger partial charge in [0.15, 0.2) is 0 Å². The van der Waals surface area contributed by atoms with Crippen LogP contribution >= 0.6 is 11.8 Å². The number of thioether (sulfide) groups is 1. The van der Waals surface area contributed by atoms with E-state index in [1.165, 1.54) is 0 Å². The van der Waals surface area contributed by atoms with Crippen molar-refractivity contribution >= 4 is 51.3 Å². The number of carbonyl (C=O) groups excluding carboxylic acids is 2. The number of amides is 2. The second kappa shape index (κ2) is 9.69. The van der Waals surface area contributed by atoms with Crippen LogP contribution in [-0.2, 0) is 4.79 Å². The van der Waals surface area contributed by atoms with E-state index in [9.17, 15) is 14.4 Å². The highest BCUT2D eigenvalue weighted by Crippen LogP contribution is 2.23. The Morgan fingerprint density at radius 3 is 2.88 bits per heavy atom. The lowest BCUT2D eigenvalue weighted by atomic mass is 10.2. The van der Waals surface area contributed by atoms with Gasteiger partial charge in [0.25, 0.3) is 10.8 Å². The molecule has 3 heterocycles. The maximum Gasteiger partial charge on any atom is 0.279 e. The molecule has 1 aliphatic heterocycles. The maximum atomic E-state index is 12.4. The zero-order valence-electron chi connectivity index (χ0n) is 17.4. The number of H-pyrrole nitrogens is 1. The van der Waals surface area contributed by atoms with Crippen LogP contribution in [0.2, 0.25) is 0 Å². The molecule has 1 atom stereocenters. The Morgan fingerprint density at radius 2 is 2.09 bits per heavy atom. The number of hydrogen-bond acceptors (Lipinski definition) is 8. The van der Waals surface area contributed by atoms with Gasteiger partial charge in [-0.2, -0.15) is 4.98 Å². The number of nitrogens with one attached hydrogen (secondary N) is 5. The maximum absolute atomic E-state index is 12.4. The number of hydrogen-bond donors (Lipinski definition) is 5. The lowest BCUT2D eigenvalue weighted by Crippen LogP contribution is -2.43. The fourth-order valence-electron chi connectivity index (χ4n) is 3.27. The van der Waals surface area contributed by atoms with Gasteiger partial charge in [-0.1, -0.05) is 23.9 Å². The molecule has 1 aliphatic rings. The number of pyridine rings is 1. The van der Waals surface area contributed by atoms with Crippen molar-refractivity contribution in [1.29, 1.82) is 0 Å². The van der Waals surface area contributed by atoms with Crippen LogP contribution in [0, 0.1) is 6.92 Å². The Kier molecular flexibility index (Phi) is 6.55. The third kappa shape index (κ3) is 5.17. The van der Waals surface area contributed by atoms with Gasteiger partial charge < -0.3 is 26.3 Å². The Labute approximate surface area is 188 Å². The Bertz CT molecular complexity index is 1210. The van der Waals surface area contributed by atoms with Crippen LogP contribution in [0.3, 0.4) is 0 Å². The lowest BCUT2D eigenvalue weighted by molar-refractivity contribution is -0.122. The summed E-state index contributed by atoms with van der Waals surface area (Å²) in [6, 6.07) is 9.03. The standard InChI is InChI=1S/C21H23N7O3S/c1-12-4-2-5-13(10-12)25-17-16-14(6-9-23-19(16)30)26-20(28-17)24-8-3-7-22-18(29)15-11-32-21(31)27-15/h2,4-6,9-10,15H,3,7-8,11H2,1H3,(H,22,29)(H,23,30)(H,27,31)(H2,24,25,26,28)/t15-/m0/s1. The second-order valence-electron chi connectivity index (χ2n) is 7.32. The number of rotatable bonds is 8. The van der Waals surface area contributed by atoms with Gasteiger partial charge in [-0.25, -0.2) is 4.98 Å². The summed E-state index contributed by atoms with van der Waals surface area (Å²) in [5.41, 5.74) is 2.14. The summed E-state index contributed by atoms with van der Waals surface area (Å²) in [5, 5.41) is 12.0. The van der Waals surface area contributed by atoms with Crippen molar-refractivity contribution in [3.8, 4) is 0 Å². The third-order valence-electron chi connectivity index (χ3n) is 4.83. The molecule has 166 valence electrons. The molecule has 0 unspecified atom stereocenters.